The van der Waals surface area contributed by atoms with Crippen molar-refractivity contribution in [2.75, 3.05) is 20.2 Å². The summed E-state index contributed by atoms with van der Waals surface area (Å²) in [6.07, 6.45) is -2.86. The van der Waals surface area contributed by atoms with Crippen LogP contribution in [0.15, 0.2) is 0 Å². The summed E-state index contributed by atoms with van der Waals surface area (Å²) in [5, 5.41) is 9.00. The van der Waals surface area contributed by atoms with E-state index in [1.807, 2.05) is 6.92 Å². The molecule has 92 valence electrons. The van der Waals surface area contributed by atoms with Crippen LogP contribution >= 0.6 is 0 Å². The number of nitrogens with two attached hydrogens (primary N) is 1. The van der Waals surface area contributed by atoms with Crippen LogP contribution in [-0.4, -0.2) is 48.5 Å². The third kappa shape index (κ3) is 5.96. The number of rotatable bonds is 6. The monoisotopic (exact) mass is 228 g/mol. The van der Waals surface area contributed by atoms with Gasteiger partial charge >= 0.3 is 6.18 Å². The lowest BCUT2D eigenvalue weighted by molar-refractivity contribution is -0.149. The average molecular weight is 228 g/mol. The molecule has 0 bridgehead atoms. The molecule has 6 heteroatoms. The van der Waals surface area contributed by atoms with E-state index in [4.69, 9.17) is 10.8 Å². The fourth-order valence-corrected chi connectivity index (χ4v) is 1.53. The number of aliphatic hydroxyl groups is 1. The second kappa shape index (κ2) is 6.30. The van der Waals surface area contributed by atoms with Crippen LogP contribution in [0.4, 0.5) is 13.2 Å². The molecule has 3 N–H and O–H groups in total. The quantitative estimate of drug-likeness (QED) is 0.712. The minimum atomic E-state index is -4.26. The highest BCUT2D eigenvalue weighted by atomic mass is 19.4. The summed E-state index contributed by atoms with van der Waals surface area (Å²) in [6.45, 7) is 0.501. The van der Waals surface area contributed by atoms with E-state index in [-0.39, 0.29) is 6.61 Å². The van der Waals surface area contributed by atoms with Gasteiger partial charge in [-0.05, 0) is 13.5 Å². The third-order valence-electron chi connectivity index (χ3n) is 2.30. The lowest BCUT2D eigenvalue weighted by atomic mass is 10.0. The van der Waals surface area contributed by atoms with Gasteiger partial charge < -0.3 is 10.8 Å². The van der Waals surface area contributed by atoms with Crippen LogP contribution in [0.5, 0.6) is 0 Å². The van der Waals surface area contributed by atoms with Gasteiger partial charge in [0, 0.05) is 12.1 Å². The number of halogens is 3. The smallest absolute Gasteiger partial charge is 0.395 e. The zero-order valence-electron chi connectivity index (χ0n) is 9.09. The number of hydrogen-bond donors (Lipinski definition) is 2. The highest BCUT2D eigenvalue weighted by Crippen LogP contribution is 2.18. The molecule has 2 unspecified atom stereocenters. The van der Waals surface area contributed by atoms with Gasteiger partial charge in [-0.25, -0.2) is 0 Å². The molecule has 0 aromatic carbocycles. The van der Waals surface area contributed by atoms with Crippen molar-refractivity contribution in [3.8, 4) is 0 Å². The Morgan fingerprint density at radius 2 is 1.93 bits per heavy atom. The molecule has 0 aliphatic carbocycles. The molecule has 0 aliphatic rings. The van der Waals surface area contributed by atoms with Crippen LogP contribution in [0, 0.1) is 0 Å². The van der Waals surface area contributed by atoms with Crippen LogP contribution in [0.25, 0.3) is 0 Å². The molecule has 15 heavy (non-hydrogen) atoms. The molecule has 0 heterocycles. The summed E-state index contributed by atoms with van der Waals surface area (Å²) in [5.74, 6) is 0. The van der Waals surface area contributed by atoms with E-state index in [1.54, 1.807) is 0 Å². The topological polar surface area (TPSA) is 49.5 Å². The molecule has 2 atom stereocenters. The van der Waals surface area contributed by atoms with E-state index in [1.165, 1.54) is 7.05 Å². The fraction of sp³-hybridized carbons (Fsp3) is 1.00. The minimum absolute atomic E-state index is 0.353. The first kappa shape index (κ1) is 14.7. The van der Waals surface area contributed by atoms with E-state index < -0.39 is 24.8 Å². The Bertz CT molecular complexity index is 175. The Kier molecular flexibility index (Phi) is 6.16. The molecule has 0 saturated carbocycles. The molecule has 0 fully saturated rings. The lowest BCUT2D eigenvalue weighted by Crippen LogP contribution is -2.51. The molecule has 0 spiro atoms. The van der Waals surface area contributed by atoms with Crippen molar-refractivity contribution in [2.24, 2.45) is 5.73 Å². The maximum absolute atomic E-state index is 12.1. The number of alkyl halides is 3. The molecule has 0 aliphatic heterocycles. The Labute approximate surface area is 88.0 Å². The van der Waals surface area contributed by atoms with Crippen LogP contribution in [0.3, 0.4) is 0 Å². The third-order valence-corrected chi connectivity index (χ3v) is 2.30. The summed E-state index contributed by atoms with van der Waals surface area (Å²) in [6, 6.07) is -1.06. The molecule has 0 amide bonds. The summed E-state index contributed by atoms with van der Waals surface area (Å²) in [4.78, 5) is 1.06. The van der Waals surface area contributed by atoms with Crippen LogP contribution in [0.1, 0.15) is 19.8 Å². The first-order valence-corrected chi connectivity index (χ1v) is 4.95. The van der Waals surface area contributed by atoms with Crippen molar-refractivity contribution in [3.05, 3.63) is 0 Å². The summed E-state index contributed by atoms with van der Waals surface area (Å²) < 4.78 is 36.3. The molecule has 0 aromatic rings. The maximum Gasteiger partial charge on any atom is 0.401 e. The molecular weight excluding hydrogens is 209 g/mol. The molecule has 0 saturated heterocycles. The SMILES string of the molecule is CCCC(N)C(CO)N(C)CC(F)(F)F. The second-order valence-electron chi connectivity index (χ2n) is 3.73. The number of nitrogens with zero attached hydrogens (tertiary/aromatic N) is 1. The summed E-state index contributed by atoms with van der Waals surface area (Å²) in [5.41, 5.74) is 5.69. The average Bonchev–Trinajstić information content (AvgIpc) is 2.02. The van der Waals surface area contributed by atoms with Crippen molar-refractivity contribution in [1.29, 1.82) is 0 Å². The van der Waals surface area contributed by atoms with Crippen molar-refractivity contribution < 1.29 is 18.3 Å². The highest BCUT2D eigenvalue weighted by molar-refractivity contribution is 4.80. The van der Waals surface area contributed by atoms with Gasteiger partial charge in [0.1, 0.15) is 0 Å². The van der Waals surface area contributed by atoms with E-state index in [2.05, 4.69) is 0 Å². The van der Waals surface area contributed by atoms with Crippen molar-refractivity contribution >= 4 is 0 Å². The van der Waals surface area contributed by atoms with E-state index in [0.717, 1.165) is 11.3 Å². The summed E-state index contributed by atoms with van der Waals surface area (Å²) >= 11 is 0. The van der Waals surface area contributed by atoms with E-state index >= 15 is 0 Å². The summed E-state index contributed by atoms with van der Waals surface area (Å²) in [7, 11) is 1.32. The van der Waals surface area contributed by atoms with Crippen molar-refractivity contribution in [2.45, 2.75) is 38.0 Å². The first-order valence-electron chi connectivity index (χ1n) is 4.95. The largest absolute Gasteiger partial charge is 0.401 e. The van der Waals surface area contributed by atoms with E-state index in [0.29, 0.717) is 6.42 Å². The fourth-order valence-electron chi connectivity index (χ4n) is 1.53. The normalized spacial score (nSPS) is 16.8. The van der Waals surface area contributed by atoms with Crippen LogP contribution < -0.4 is 5.73 Å². The Hall–Kier alpha value is -0.330. The number of hydrogen-bond acceptors (Lipinski definition) is 3. The number of likely N-dealkylation sites (N-methyl/N-ethyl adjacent to an activating group) is 1. The van der Waals surface area contributed by atoms with Crippen LogP contribution in [-0.2, 0) is 0 Å². The number of aliphatic hydroxyl groups excluding tert-OH is 1. The minimum Gasteiger partial charge on any atom is -0.395 e. The second-order valence-corrected chi connectivity index (χ2v) is 3.73. The van der Waals surface area contributed by atoms with Gasteiger partial charge in [-0.15, -0.1) is 0 Å². The molecule has 0 rings (SSSR count). The maximum atomic E-state index is 12.1. The molecule has 0 aromatic heterocycles. The Morgan fingerprint density at radius 3 is 2.27 bits per heavy atom. The molecular formula is C9H19F3N2O. The van der Waals surface area contributed by atoms with Crippen LogP contribution in [0.2, 0.25) is 0 Å². The predicted molar refractivity (Wildman–Crippen MR) is 52.4 cm³/mol. The highest BCUT2D eigenvalue weighted by Gasteiger charge is 2.33. The lowest BCUT2D eigenvalue weighted by Gasteiger charge is -2.31. The van der Waals surface area contributed by atoms with Crippen molar-refractivity contribution in [3.63, 3.8) is 0 Å². The van der Waals surface area contributed by atoms with Gasteiger partial charge in [0.25, 0.3) is 0 Å². The Morgan fingerprint density at radius 1 is 1.40 bits per heavy atom. The zero-order valence-corrected chi connectivity index (χ0v) is 9.09. The van der Waals surface area contributed by atoms with E-state index in [9.17, 15) is 13.2 Å². The van der Waals surface area contributed by atoms with Gasteiger partial charge in [-0.3, -0.25) is 4.90 Å². The predicted octanol–water partition coefficient (Wildman–Crippen LogP) is 0.969. The van der Waals surface area contributed by atoms with Crippen molar-refractivity contribution in [1.82, 2.24) is 4.90 Å². The first-order chi connectivity index (χ1) is 6.81. The zero-order chi connectivity index (χ0) is 12.1. The van der Waals surface area contributed by atoms with Gasteiger partial charge in [0.2, 0.25) is 0 Å². The molecule has 0 radical (unpaired) electrons. The molecule has 3 nitrogen and oxygen atoms in total. The standard InChI is InChI=1S/C9H19F3N2O/c1-3-4-7(13)8(5-15)14(2)6-9(10,11)12/h7-8,15H,3-6,13H2,1-2H3. The van der Waals surface area contributed by atoms with Gasteiger partial charge in [-0.2, -0.15) is 13.2 Å². The van der Waals surface area contributed by atoms with Gasteiger partial charge in [-0.1, -0.05) is 13.3 Å². The Balaban J connectivity index is 4.27. The van der Waals surface area contributed by atoms with Gasteiger partial charge in [0.05, 0.1) is 13.2 Å². The van der Waals surface area contributed by atoms with Gasteiger partial charge in [0.15, 0.2) is 0 Å².